The van der Waals surface area contributed by atoms with Crippen LogP contribution in [0.15, 0.2) is 48.5 Å². The van der Waals surface area contributed by atoms with Gasteiger partial charge in [0.05, 0.1) is 11.2 Å². The van der Waals surface area contributed by atoms with E-state index in [0.29, 0.717) is 17.9 Å². The number of halogens is 1. The van der Waals surface area contributed by atoms with Gasteiger partial charge in [-0.15, -0.1) is 0 Å². The molecule has 6 rings (SSSR count). The van der Waals surface area contributed by atoms with E-state index in [2.05, 4.69) is 24.5 Å². The molecule has 6 nitrogen and oxygen atoms in total. The van der Waals surface area contributed by atoms with Crippen molar-refractivity contribution in [1.29, 1.82) is 0 Å². The fourth-order valence-corrected chi connectivity index (χ4v) is 4.63. The van der Waals surface area contributed by atoms with E-state index in [4.69, 9.17) is 15.1 Å². The SMILES string of the molecule is CC1(C)CNc2nc(-n3nc(Cc4ccccc4F)c4ccccc43)nc(NCC3CC3)c21. The predicted molar refractivity (Wildman–Crippen MR) is 129 cm³/mol. The number of aromatic nitrogens is 4. The number of nitrogens with zero attached hydrogens (tertiary/aromatic N) is 4. The number of hydrogen-bond donors (Lipinski definition) is 2. The lowest BCUT2D eigenvalue weighted by molar-refractivity contribution is 0.584. The average Bonchev–Trinajstić information content (AvgIpc) is 3.50. The molecule has 0 spiro atoms. The van der Waals surface area contributed by atoms with Gasteiger partial charge >= 0.3 is 0 Å². The van der Waals surface area contributed by atoms with Gasteiger partial charge in [-0.1, -0.05) is 50.2 Å². The van der Waals surface area contributed by atoms with Gasteiger partial charge in [-0.2, -0.15) is 19.7 Å². The first kappa shape index (κ1) is 20.1. The molecular weight excluding hydrogens is 415 g/mol. The van der Waals surface area contributed by atoms with Crippen molar-refractivity contribution in [3.8, 4) is 5.95 Å². The van der Waals surface area contributed by atoms with Crippen LogP contribution in [-0.4, -0.2) is 32.8 Å². The fourth-order valence-electron chi connectivity index (χ4n) is 4.63. The van der Waals surface area contributed by atoms with Gasteiger partial charge in [-0.3, -0.25) is 0 Å². The van der Waals surface area contributed by atoms with E-state index in [1.165, 1.54) is 18.9 Å². The van der Waals surface area contributed by atoms with E-state index in [0.717, 1.165) is 52.8 Å². The molecule has 3 heterocycles. The summed E-state index contributed by atoms with van der Waals surface area (Å²) in [5.74, 6) is 2.77. The molecule has 168 valence electrons. The number of nitrogens with one attached hydrogen (secondary N) is 2. The van der Waals surface area contributed by atoms with Gasteiger partial charge in [0.2, 0.25) is 0 Å². The maximum Gasteiger partial charge on any atom is 0.255 e. The molecule has 0 unspecified atom stereocenters. The third kappa shape index (κ3) is 3.61. The standard InChI is InChI=1S/C26H27FN6/c1-26(2)15-29-24-22(26)23(28-14-16-11-12-16)30-25(31-24)33-21-10-6-4-8-18(21)20(32-33)13-17-7-3-5-9-19(17)27/h3-10,16H,11-15H2,1-2H3,(H2,28,29,30,31). The van der Waals surface area contributed by atoms with Crippen molar-refractivity contribution in [3.63, 3.8) is 0 Å². The summed E-state index contributed by atoms with van der Waals surface area (Å²) < 4.78 is 16.2. The Labute approximate surface area is 192 Å². The number of para-hydroxylation sites is 1. The molecule has 2 N–H and O–H groups in total. The number of anilines is 2. The second-order valence-electron chi connectivity index (χ2n) is 9.80. The molecule has 0 saturated heterocycles. The van der Waals surface area contributed by atoms with Gasteiger partial charge in [-0.25, -0.2) is 4.39 Å². The summed E-state index contributed by atoms with van der Waals surface area (Å²) in [6.07, 6.45) is 2.96. The van der Waals surface area contributed by atoms with Crippen molar-refractivity contribution in [2.24, 2.45) is 5.92 Å². The van der Waals surface area contributed by atoms with E-state index < -0.39 is 0 Å². The third-order valence-electron chi connectivity index (χ3n) is 6.70. The van der Waals surface area contributed by atoms with Gasteiger partial charge in [0.15, 0.2) is 0 Å². The van der Waals surface area contributed by atoms with Crippen molar-refractivity contribution < 1.29 is 4.39 Å². The summed E-state index contributed by atoms with van der Waals surface area (Å²) in [5, 5.41) is 12.9. The molecule has 1 aliphatic carbocycles. The minimum absolute atomic E-state index is 0.0536. The first-order chi connectivity index (χ1) is 16.0. The Bertz CT molecular complexity index is 1350. The first-order valence-corrected chi connectivity index (χ1v) is 11.6. The average molecular weight is 443 g/mol. The molecule has 7 heteroatoms. The number of rotatable bonds is 6. The summed E-state index contributed by atoms with van der Waals surface area (Å²) >= 11 is 0. The van der Waals surface area contributed by atoms with E-state index in [9.17, 15) is 4.39 Å². The molecule has 4 aromatic rings. The van der Waals surface area contributed by atoms with Crippen molar-refractivity contribution in [1.82, 2.24) is 19.7 Å². The lowest BCUT2D eigenvalue weighted by Crippen LogP contribution is -2.22. The zero-order valence-electron chi connectivity index (χ0n) is 18.9. The molecule has 33 heavy (non-hydrogen) atoms. The van der Waals surface area contributed by atoms with Gasteiger partial charge in [-0.05, 0) is 36.5 Å². The summed E-state index contributed by atoms with van der Waals surface area (Å²) in [7, 11) is 0. The van der Waals surface area contributed by atoms with Crippen molar-refractivity contribution in [3.05, 3.63) is 71.2 Å². The maximum absolute atomic E-state index is 14.4. The topological polar surface area (TPSA) is 67.7 Å². The predicted octanol–water partition coefficient (Wildman–Crippen LogP) is 5.07. The molecule has 1 fully saturated rings. The fraction of sp³-hybridized carbons (Fsp3) is 0.346. The van der Waals surface area contributed by atoms with Crippen LogP contribution < -0.4 is 10.6 Å². The Hall–Kier alpha value is -3.48. The second kappa shape index (κ2) is 7.54. The van der Waals surface area contributed by atoms with Gasteiger partial charge < -0.3 is 10.6 Å². The smallest absolute Gasteiger partial charge is 0.255 e. The molecule has 0 radical (unpaired) electrons. The van der Waals surface area contributed by atoms with Crippen LogP contribution in [0.2, 0.25) is 0 Å². The highest BCUT2D eigenvalue weighted by molar-refractivity contribution is 5.83. The van der Waals surface area contributed by atoms with Crippen molar-refractivity contribution >= 4 is 22.5 Å². The molecule has 0 atom stereocenters. The van der Waals surface area contributed by atoms with E-state index >= 15 is 0 Å². The first-order valence-electron chi connectivity index (χ1n) is 11.6. The summed E-state index contributed by atoms with van der Waals surface area (Å²) in [4.78, 5) is 9.84. The molecule has 0 bridgehead atoms. The summed E-state index contributed by atoms with van der Waals surface area (Å²) in [6, 6.07) is 14.9. The normalized spacial score (nSPS) is 16.6. The van der Waals surface area contributed by atoms with Gasteiger partial charge in [0.25, 0.3) is 5.95 Å². The van der Waals surface area contributed by atoms with Crippen LogP contribution in [0.25, 0.3) is 16.9 Å². The molecule has 1 saturated carbocycles. The molecule has 1 aliphatic heterocycles. The summed E-state index contributed by atoms with van der Waals surface area (Å²) in [5.41, 5.74) is 3.42. The van der Waals surface area contributed by atoms with Crippen molar-refractivity contribution in [2.75, 3.05) is 23.7 Å². The number of benzene rings is 2. The molecular formula is C26H27FN6. The molecule has 0 amide bonds. The Morgan fingerprint density at radius 2 is 1.88 bits per heavy atom. The lowest BCUT2D eigenvalue weighted by atomic mass is 9.88. The quantitative estimate of drug-likeness (QED) is 0.436. The second-order valence-corrected chi connectivity index (χ2v) is 9.80. The Kier molecular flexibility index (Phi) is 4.60. The van der Waals surface area contributed by atoms with Gasteiger partial charge in [0.1, 0.15) is 17.5 Å². The van der Waals surface area contributed by atoms with Crippen molar-refractivity contribution in [2.45, 2.75) is 38.5 Å². The van der Waals surface area contributed by atoms with Crippen LogP contribution in [0, 0.1) is 11.7 Å². The lowest BCUT2D eigenvalue weighted by Gasteiger charge is -2.20. The Balaban J connectivity index is 1.47. The molecule has 2 aliphatic rings. The monoisotopic (exact) mass is 442 g/mol. The van der Waals surface area contributed by atoms with Crippen LogP contribution in [-0.2, 0) is 11.8 Å². The number of fused-ring (bicyclic) bond motifs is 2. The van der Waals surface area contributed by atoms with Crippen LogP contribution in [0.4, 0.5) is 16.0 Å². The van der Waals surface area contributed by atoms with Crippen LogP contribution in [0.1, 0.15) is 43.5 Å². The van der Waals surface area contributed by atoms with E-state index in [1.54, 1.807) is 16.8 Å². The number of hydrogen-bond acceptors (Lipinski definition) is 5. The summed E-state index contributed by atoms with van der Waals surface area (Å²) in [6.45, 7) is 6.17. The Morgan fingerprint density at radius 1 is 1.09 bits per heavy atom. The Morgan fingerprint density at radius 3 is 2.70 bits per heavy atom. The largest absolute Gasteiger partial charge is 0.369 e. The molecule has 2 aromatic carbocycles. The minimum atomic E-state index is -0.220. The third-order valence-corrected chi connectivity index (χ3v) is 6.70. The maximum atomic E-state index is 14.4. The highest BCUT2D eigenvalue weighted by Crippen LogP contribution is 2.40. The van der Waals surface area contributed by atoms with Crippen LogP contribution >= 0.6 is 0 Å². The van der Waals surface area contributed by atoms with Crippen LogP contribution in [0.3, 0.4) is 0 Å². The molecule has 2 aromatic heterocycles. The van der Waals surface area contributed by atoms with Gasteiger partial charge in [0, 0.05) is 35.9 Å². The minimum Gasteiger partial charge on any atom is -0.369 e. The highest BCUT2D eigenvalue weighted by Gasteiger charge is 2.36. The van der Waals surface area contributed by atoms with Crippen LogP contribution in [0.5, 0.6) is 0 Å². The highest BCUT2D eigenvalue weighted by atomic mass is 19.1. The van der Waals surface area contributed by atoms with E-state index in [1.807, 2.05) is 30.3 Å². The zero-order chi connectivity index (χ0) is 22.6. The van der Waals surface area contributed by atoms with E-state index in [-0.39, 0.29) is 11.2 Å². The zero-order valence-corrected chi connectivity index (χ0v) is 18.9.